The van der Waals surface area contributed by atoms with Gasteiger partial charge in [0, 0.05) is 58.6 Å². The number of rotatable bonds is 5. The van der Waals surface area contributed by atoms with Crippen LogP contribution in [0.15, 0.2) is 18.3 Å². The van der Waals surface area contributed by atoms with Crippen molar-refractivity contribution >= 4 is 11.7 Å². The van der Waals surface area contributed by atoms with E-state index in [1.165, 1.54) is 12.8 Å². The van der Waals surface area contributed by atoms with Crippen LogP contribution in [0.3, 0.4) is 0 Å². The van der Waals surface area contributed by atoms with E-state index in [1.54, 1.807) is 6.20 Å². The van der Waals surface area contributed by atoms with Crippen LogP contribution in [0.25, 0.3) is 0 Å². The standard InChI is InChI=1S/C16H25N5O/c22-16(18-7-12-20-10-5-17-6-11-20)14-3-4-15(19-13-14)21-8-1-2-9-21/h3-4,13,17H,1-2,5-12H2,(H,18,22). The van der Waals surface area contributed by atoms with Gasteiger partial charge in [-0.15, -0.1) is 0 Å². The van der Waals surface area contributed by atoms with E-state index in [2.05, 4.69) is 25.4 Å². The first-order valence-corrected chi connectivity index (χ1v) is 8.25. The number of pyridine rings is 1. The SMILES string of the molecule is O=C(NCCN1CCNCC1)c1ccc(N2CCCC2)nc1. The van der Waals surface area contributed by atoms with E-state index in [-0.39, 0.29) is 5.91 Å². The molecule has 0 unspecified atom stereocenters. The van der Waals surface area contributed by atoms with Crippen molar-refractivity contribution in [2.24, 2.45) is 0 Å². The van der Waals surface area contributed by atoms with Crippen molar-refractivity contribution in [2.45, 2.75) is 12.8 Å². The molecule has 3 rings (SSSR count). The van der Waals surface area contributed by atoms with Gasteiger partial charge in [0.15, 0.2) is 0 Å². The maximum atomic E-state index is 12.1. The predicted octanol–water partition coefficient (Wildman–Crippen LogP) is 0.317. The van der Waals surface area contributed by atoms with Gasteiger partial charge in [0.2, 0.25) is 0 Å². The zero-order chi connectivity index (χ0) is 15.2. The van der Waals surface area contributed by atoms with Crippen LogP contribution in [0.1, 0.15) is 23.2 Å². The number of piperazine rings is 1. The van der Waals surface area contributed by atoms with Gasteiger partial charge >= 0.3 is 0 Å². The smallest absolute Gasteiger partial charge is 0.252 e. The van der Waals surface area contributed by atoms with Crippen molar-refractivity contribution in [3.63, 3.8) is 0 Å². The number of hydrogen-bond donors (Lipinski definition) is 2. The summed E-state index contributed by atoms with van der Waals surface area (Å²) < 4.78 is 0. The summed E-state index contributed by atoms with van der Waals surface area (Å²) >= 11 is 0. The number of carbonyl (C=O) groups excluding carboxylic acids is 1. The second kappa shape index (κ2) is 7.56. The predicted molar refractivity (Wildman–Crippen MR) is 87.3 cm³/mol. The first kappa shape index (κ1) is 15.2. The first-order chi connectivity index (χ1) is 10.8. The summed E-state index contributed by atoms with van der Waals surface area (Å²) in [6.07, 6.45) is 4.15. The van der Waals surface area contributed by atoms with Gasteiger partial charge in [-0.05, 0) is 25.0 Å². The zero-order valence-electron chi connectivity index (χ0n) is 13.1. The van der Waals surface area contributed by atoms with E-state index >= 15 is 0 Å². The number of hydrogen-bond acceptors (Lipinski definition) is 5. The Balaban J connectivity index is 1.45. The van der Waals surface area contributed by atoms with E-state index in [0.717, 1.165) is 51.6 Å². The number of amides is 1. The van der Waals surface area contributed by atoms with Crippen molar-refractivity contribution in [1.29, 1.82) is 0 Å². The van der Waals surface area contributed by atoms with Gasteiger partial charge in [0.1, 0.15) is 5.82 Å². The maximum Gasteiger partial charge on any atom is 0.252 e. The van der Waals surface area contributed by atoms with E-state index in [9.17, 15) is 4.79 Å². The summed E-state index contributed by atoms with van der Waals surface area (Å²) in [5.74, 6) is 0.950. The number of nitrogens with zero attached hydrogens (tertiary/aromatic N) is 3. The molecule has 1 aromatic rings. The first-order valence-electron chi connectivity index (χ1n) is 8.25. The third kappa shape index (κ3) is 3.96. The summed E-state index contributed by atoms with van der Waals surface area (Å²) in [5, 5.41) is 6.31. The van der Waals surface area contributed by atoms with Crippen LogP contribution in [-0.2, 0) is 0 Å². The summed E-state index contributed by atoms with van der Waals surface area (Å²) in [4.78, 5) is 21.2. The molecule has 2 N–H and O–H groups in total. The second-order valence-corrected chi connectivity index (χ2v) is 5.95. The minimum Gasteiger partial charge on any atom is -0.357 e. The zero-order valence-corrected chi connectivity index (χ0v) is 13.1. The lowest BCUT2D eigenvalue weighted by Crippen LogP contribution is -2.46. The number of aromatic nitrogens is 1. The van der Waals surface area contributed by atoms with Gasteiger partial charge in [-0.25, -0.2) is 4.98 Å². The summed E-state index contributed by atoms with van der Waals surface area (Å²) in [6.45, 7) is 7.93. The van der Waals surface area contributed by atoms with Crippen LogP contribution < -0.4 is 15.5 Å². The summed E-state index contributed by atoms with van der Waals surface area (Å²) in [5.41, 5.74) is 0.642. The average molecular weight is 303 g/mol. The van der Waals surface area contributed by atoms with Crippen LogP contribution in [-0.4, -0.2) is 68.1 Å². The molecule has 6 nitrogen and oxygen atoms in total. The molecular formula is C16H25N5O. The van der Waals surface area contributed by atoms with Gasteiger partial charge in [-0.2, -0.15) is 0 Å². The minimum atomic E-state index is -0.0318. The van der Waals surface area contributed by atoms with Crippen LogP contribution in [0.5, 0.6) is 0 Å². The minimum absolute atomic E-state index is 0.0318. The number of nitrogens with one attached hydrogen (secondary N) is 2. The molecule has 2 saturated heterocycles. The molecule has 22 heavy (non-hydrogen) atoms. The van der Waals surface area contributed by atoms with E-state index in [4.69, 9.17) is 0 Å². The average Bonchev–Trinajstić information content (AvgIpc) is 3.10. The highest BCUT2D eigenvalue weighted by molar-refractivity contribution is 5.94. The Bertz CT molecular complexity index is 478. The van der Waals surface area contributed by atoms with Crippen LogP contribution in [0.4, 0.5) is 5.82 Å². The summed E-state index contributed by atoms with van der Waals surface area (Å²) in [6, 6.07) is 3.83. The molecule has 6 heteroatoms. The van der Waals surface area contributed by atoms with E-state index in [1.807, 2.05) is 12.1 Å². The molecule has 0 bridgehead atoms. The lowest BCUT2D eigenvalue weighted by atomic mass is 10.2. The third-order valence-corrected chi connectivity index (χ3v) is 4.36. The highest BCUT2D eigenvalue weighted by atomic mass is 16.1. The number of anilines is 1. The molecule has 2 fully saturated rings. The van der Waals surface area contributed by atoms with Crippen LogP contribution in [0.2, 0.25) is 0 Å². The van der Waals surface area contributed by atoms with Crippen molar-refractivity contribution in [3.8, 4) is 0 Å². The highest BCUT2D eigenvalue weighted by Gasteiger charge is 2.14. The van der Waals surface area contributed by atoms with Gasteiger partial charge in [0.25, 0.3) is 5.91 Å². The molecule has 0 aliphatic carbocycles. The highest BCUT2D eigenvalue weighted by Crippen LogP contribution is 2.17. The Morgan fingerprint density at radius 3 is 2.64 bits per heavy atom. The van der Waals surface area contributed by atoms with Gasteiger partial charge in [0.05, 0.1) is 5.56 Å². The Morgan fingerprint density at radius 2 is 1.95 bits per heavy atom. The fourth-order valence-electron chi connectivity index (χ4n) is 3.02. The Hall–Kier alpha value is -1.66. The molecule has 3 heterocycles. The topological polar surface area (TPSA) is 60.5 Å². The second-order valence-electron chi connectivity index (χ2n) is 5.95. The third-order valence-electron chi connectivity index (χ3n) is 4.36. The molecule has 0 radical (unpaired) electrons. The molecule has 2 aliphatic heterocycles. The number of carbonyl (C=O) groups is 1. The van der Waals surface area contributed by atoms with Gasteiger partial charge in [-0.1, -0.05) is 0 Å². The fourth-order valence-corrected chi connectivity index (χ4v) is 3.02. The summed E-state index contributed by atoms with van der Waals surface area (Å²) in [7, 11) is 0. The monoisotopic (exact) mass is 303 g/mol. The molecule has 120 valence electrons. The van der Waals surface area contributed by atoms with Crippen molar-refractivity contribution in [1.82, 2.24) is 20.5 Å². The molecule has 0 saturated carbocycles. The molecule has 1 aromatic heterocycles. The molecule has 0 atom stereocenters. The van der Waals surface area contributed by atoms with Crippen LogP contribution >= 0.6 is 0 Å². The molecule has 0 aromatic carbocycles. The lowest BCUT2D eigenvalue weighted by molar-refractivity contribution is 0.0947. The van der Waals surface area contributed by atoms with Crippen molar-refractivity contribution < 1.29 is 4.79 Å². The molecule has 0 spiro atoms. The van der Waals surface area contributed by atoms with Crippen LogP contribution in [0, 0.1) is 0 Å². The van der Waals surface area contributed by atoms with Gasteiger partial charge < -0.3 is 15.5 Å². The fraction of sp³-hybridized carbons (Fsp3) is 0.625. The van der Waals surface area contributed by atoms with E-state index in [0.29, 0.717) is 12.1 Å². The quantitative estimate of drug-likeness (QED) is 0.820. The Labute approximate surface area is 131 Å². The van der Waals surface area contributed by atoms with Crippen molar-refractivity contribution in [3.05, 3.63) is 23.9 Å². The normalized spacial score (nSPS) is 19.4. The molecule has 2 aliphatic rings. The molecule has 1 amide bonds. The Morgan fingerprint density at radius 1 is 1.18 bits per heavy atom. The molecular weight excluding hydrogens is 278 g/mol. The van der Waals surface area contributed by atoms with E-state index < -0.39 is 0 Å². The van der Waals surface area contributed by atoms with Crippen molar-refractivity contribution in [2.75, 3.05) is 57.3 Å². The lowest BCUT2D eigenvalue weighted by Gasteiger charge is -2.27. The Kier molecular flexibility index (Phi) is 5.24. The largest absolute Gasteiger partial charge is 0.357 e. The maximum absolute atomic E-state index is 12.1. The van der Waals surface area contributed by atoms with Gasteiger partial charge in [-0.3, -0.25) is 9.69 Å².